The number of aryl methyl sites for hydroxylation is 1. The lowest BCUT2D eigenvalue weighted by atomic mass is 9.89. The van der Waals surface area contributed by atoms with Crippen molar-refractivity contribution in [2.75, 3.05) is 19.6 Å². The van der Waals surface area contributed by atoms with E-state index in [-0.39, 0.29) is 23.0 Å². The molecule has 0 N–H and O–H groups in total. The van der Waals surface area contributed by atoms with Gasteiger partial charge in [-0.05, 0) is 47.7 Å². The summed E-state index contributed by atoms with van der Waals surface area (Å²) in [7, 11) is 0. The second kappa shape index (κ2) is 8.16. The molecule has 178 valence electrons. The third kappa shape index (κ3) is 3.83. The first-order chi connectivity index (χ1) is 16.2. The number of halogens is 1. The number of imidazole rings is 1. The van der Waals surface area contributed by atoms with Crippen molar-refractivity contribution in [1.82, 2.24) is 24.4 Å². The molecule has 4 heterocycles. The molecule has 5 rings (SSSR count). The SMILES string of the molecule is CCc1cc(-c2ccc(F)cc2)nn2cc(C(=O)N3CCN4C(=O)C(C(C)(C)C)OC4C3)nc12. The molecule has 0 bridgehead atoms. The van der Waals surface area contributed by atoms with Crippen molar-refractivity contribution in [3.8, 4) is 11.3 Å². The summed E-state index contributed by atoms with van der Waals surface area (Å²) in [6.07, 6.45) is 1.38. The summed E-state index contributed by atoms with van der Waals surface area (Å²) in [6, 6.07) is 8.08. The summed E-state index contributed by atoms with van der Waals surface area (Å²) in [4.78, 5) is 34.1. The summed E-state index contributed by atoms with van der Waals surface area (Å²) in [6.45, 7) is 9.11. The molecule has 2 fully saturated rings. The van der Waals surface area contributed by atoms with Gasteiger partial charge in [0.1, 0.15) is 17.6 Å². The molecule has 0 saturated carbocycles. The van der Waals surface area contributed by atoms with Gasteiger partial charge in [0.15, 0.2) is 11.9 Å². The van der Waals surface area contributed by atoms with Crippen LogP contribution in [-0.4, -0.2) is 68.2 Å². The number of amides is 2. The molecule has 0 aliphatic carbocycles. The second-order valence-electron chi connectivity index (χ2n) is 9.93. The average molecular weight is 466 g/mol. The highest BCUT2D eigenvalue weighted by atomic mass is 19.1. The highest BCUT2D eigenvalue weighted by molar-refractivity contribution is 5.93. The van der Waals surface area contributed by atoms with Crippen LogP contribution in [0.1, 0.15) is 43.7 Å². The number of rotatable bonds is 3. The molecule has 1 aromatic carbocycles. The van der Waals surface area contributed by atoms with Crippen molar-refractivity contribution in [2.24, 2.45) is 5.41 Å². The minimum absolute atomic E-state index is 0.0116. The number of carbonyl (C=O) groups excluding carboxylic acids is 2. The van der Waals surface area contributed by atoms with E-state index in [1.54, 1.807) is 32.6 Å². The van der Waals surface area contributed by atoms with Crippen LogP contribution in [0.3, 0.4) is 0 Å². The van der Waals surface area contributed by atoms with Gasteiger partial charge >= 0.3 is 0 Å². The van der Waals surface area contributed by atoms with Crippen molar-refractivity contribution in [2.45, 2.75) is 46.4 Å². The summed E-state index contributed by atoms with van der Waals surface area (Å²) >= 11 is 0. The number of carbonyl (C=O) groups is 2. The minimum Gasteiger partial charge on any atom is -0.343 e. The van der Waals surface area contributed by atoms with Gasteiger partial charge in [0.2, 0.25) is 0 Å². The van der Waals surface area contributed by atoms with Crippen molar-refractivity contribution in [3.05, 3.63) is 53.6 Å². The van der Waals surface area contributed by atoms with Crippen LogP contribution in [0.4, 0.5) is 4.39 Å². The normalized spacial score (nSPS) is 20.8. The number of nitrogens with zero attached hydrogens (tertiary/aromatic N) is 5. The Bertz CT molecular complexity index is 1260. The molecule has 2 atom stereocenters. The van der Waals surface area contributed by atoms with E-state index in [9.17, 15) is 14.0 Å². The number of aromatic nitrogens is 3. The fourth-order valence-corrected chi connectivity index (χ4v) is 4.57. The Morgan fingerprint density at radius 3 is 2.62 bits per heavy atom. The van der Waals surface area contributed by atoms with Crippen LogP contribution in [0.2, 0.25) is 0 Å². The maximum atomic E-state index is 13.3. The Morgan fingerprint density at radius 1 is 1.21 bits per heavy atom. The van der Waals surface area contributed by atoms with Crippen LogP contribution in [0.25, 0.3) is 16.9 Å². The lowest BCUT2D eigenvalue weighted by Gasteiger charge is -2.35. The topological polar surface area (TPSA) is 80.0 Å². The summed E-state index contributed by atoms with van der Waals surface area (Å²) in [5, 5.41) is 4.62. The molecule has 2 amide bonds. The summed E-state index contributed by atoms with van der Waals surface area (Å²) in [5.74, 6) is -0.536. The van der Waals surface area contributed by atoms with Gasteiger partial charge in [0, 0.05) is 18.7 Å². The highest BCUT2D eigenvalue weighted by Crippen LogP contribution is 2.33. The van der Waals surface area contributed by atoms with E-state index in [2.05, 4.69) is 10.1 Å². The monoisotopic (exact) mass is 465 g/mol. The van der Waals surface area contributed by atoms with Gasteiger partial charge in [-0.25, -0.2) is 13.9 Å². The Balaban J connectivity index is 1.41. The quantitative estimate of drug-likeness (QED) is 0.594. The Hall–Kier alpha value is -3.33. The van der Waals surface area contributed by atoms with Crippen LogP contribution >= 0.6 is 0 Å². The van der Waals surface area contributed by atoms with E-state index < -0.39 is 12.3 Å². The third-order valence-electron chi connectivity index (χ3n) is 6.45. The van der Waals surface area contributed by atoms with Gasteiger partial charge in [-0.2, -0.15) is 5.10 Å². The second-order valence-corrected chi connectivity index (χ2v) is 9.93. The number of ether oxygens (including phenoxy) is 1. The first-order valence-corrected chi connectivity index (χ1v) is 11.6. The summed E-state index contributed by atoms with van der Waals surface area (Å²) in [5.41, 5.74) is 3.01. The molecule has 2 aliphatic rings. The van der Waals surface area contributed by atoms with Crippen LogP contribution in [0, 0.1) is 11.2 Å². The van der Waals surface area contributed by atoms with Crippen molar-refractivity contribution in [1.29, 1.82) is 0 Å². The van der Waals surface area contributed by atoms with Gasteiger partial charge in [0.05, 0.1) is 18.4 Å². The van der Waals surface area contributed by atoms with Crippen molar-refractivity contribution < 1.29 is 18.7 Å². The van der Waals surface area contributed by atoms with Gasteiger partial charge in [-0.3, -0.25) is 9.59 Å². The third-order valence-corrected chi connectivity index (χ3v) is 6.45. The molecule has 2 saturated heterocycles. The molecule has 0 spiro atoms. The van der Waals surface area contributed by atoms with E-state index in [1.165, 1.54) is 12.1 Å². The van der Waals surface area contributed by atoms with Crippen LogP contribution < -0.4 is 0 Å². The van der Waals surface area contributed by atoms with Gasteiger partial charge in [0.25, 0.3) is 11.8 Å². The van der Waals surface area contributed by atoms with E-state index in [1.807, 2.05) is 33.8 Å². The lowest BCUT2D eigenvalue weighted by molar-refractivity contribution is -0.133. The molecular weight excluding hydrogens is 437 g/mol. The number of benzene rings is 1. The Morgan fingerprint density at radius 2 is 1.94 bits per heavy atom. The maximum Gasteiger partial charge on any atom is 0.274 e. The largest absolute Gasteiger partial charge is 0.343 e. The average Bonchev–Trinajstić information content (AvgIpc) is 3.39. The van der Waals surface area contributed by atoms with Crippen molar-refractivity contribution in [3.63, 3.8) is 0 Å². The van der Waals surface area contributed by atoms with Crippen LogP contribution in [0.15, 0.2) is 36.5 Å². The van der Waals surface area contributed by atoms with E-state index >= 15 is 0 Å². The number of piperazine rings is 1. The number of fused-ring (bicyclic) bond motifs is 2. The van der Waals surface area contributed by atoms with Gasteiger partial charge < -0.3 is 14.5 Å². The first kappa shape index (κ1) is 22.5. The van der Waals surface area contributed by atoms with Crippen LogP contribution in [0.5, 0.6) is 0 Å². The van der Waals surface area contributed by atoms with Crippen LogP contribution in [-0.2, 0) is 16.0 Å². The van der Waals surface area contributed by atoms with E-state index in [0.717, 1.165) is 11.1 Å². The predicted octanol–water partition coefficient (Wildman–Crippen LogP) is 3.15. The lowest BCUT2D eigenvalue weighted by Crippen LogP contribution is -2.53. The molecule has 8 nitrogen and oxygen atoms in total. The molecule has 2 aliphatic heterocycles. The van der Waals surface area contributed by atoms with E-state index in [0.29, 0.717) is 43.1 Å². The minimum atomic E-state index is -0.510. The predicted molar refractivity (Wildman–Crippen MR) is 123 cm³/mol. The van der Waals surface area contributed by atoms with Crippen molar-refractivity contribution >= 4 is 17.5 Å². The first-order valence-electron chi connectivity index (χ1n) is 11.6. The standard InChI is InChI=1S/C25H28FN5O3/c1-5-15-12-18(16-6-8-17(26)9-7-16)28-31-13-19(27-22(15)31)23(32)29-10-11-30-20(14-29)34-21(24(30)33)25(2,3)4/h6-9,12-13,20-21H,5,10-11,14H2,1-4H3. The zero-order chi connectivity index (χ0) is 24.2. The molecule has 0 radical (unpaired) electrons. The zero-order valence-corrected chi connectivity index (χ0v) is 19.8. The highest BCUT2D eigenvalue weighted by Gasteiger charge is 2.48. The molecule has 3 aromatic rings. The fourth-order valence-electron chi connectivity index (χ4n) is 4.57. The molecule has 2 unspecified atom stereocenters. The molecule has 9 heteroatoms. The molecule has 34 heavy (non-hydrogen) atoms. The fraction of sp³-hybridized carbons (Fsp3) is 0.440. The smallest absolute Gasteiger partial charge is 0.274 e. The number of hydrogen-bond donors (Lipinski definition) is 0. The zero-order valence-electron chi connectivity index (χ0n) is 19.8. The van der Waals surface area contributed by atoms with E-state index in [4.69, 9.17) is 4.74 Å². The molecular formula is C25H28FN5O3. The summed E-state index contributed by atoms with van der Waals surface area (Å²) < 4.78 is 21.0. The Labute approximate surface area is 197 Å². The maximum absolute atomic E-state index is 13.3. The molecule has 2 aromatic heterocycles. The Kier molecular flexibility index (Phi) is 5.39. The van der Waals surface area contributed by atoms with Gasteiger partial charge in [-0.15, -0.1) is 0 Å². The number of hydrogen-bond acceptors (Lipinski definition) is 5. The van der Waals surface area contributed by atoms with Gasteiger partial charge in [-0.1, -0.05) is 27.7 Å².